The van der Waals surface area contributed by atoms with Gasteiger partial charge < -0.3 is 4.74 Å². The average Bonchev–Trinajstić information content (AvgIpc) is 3.15. The Morgan fingerprint density at radius 1 is 1.13 bits per heavy atom. The second-order valence-corrected chi connectivity index (χ2v) is 10.4. The van der Waals surface area contributed by atoms with Crippen molar-refractivity contribution in [3.63, 3.8) is 0 Å². The number of piperidine rings is 1. The van der Waals surface area contributed by atoms with E-state index in [9.17, 15) is 13.2 Å². The molecule has 31 heavy (non-hydrogen) atoms. The third kappa shape index (κ3) is 4.99. The van der Waals surface area contributed by atoms with Gasteiger partial charge in [0, 0.05) is 32.7 Å². The van der Waals surface area contributed by atoms with Crippen molar-refractivity contribution >= 4 is 10.0 Å². The van der Waals surface area contributed by atoms with Crippen molar-refractivity contribution < 1.29 is 13.2 Å². The molecule has 0 atom stereocenters. The Morgan fingerprint density at radius 2 is 1.77 bits per heavy atom. The van der Waals surface area contributed by atoms with Gasteiger partial charge in [-0.1, -0.05) is 24.3 Å². The highest BCUT2D eigenvalue weighted by atomic mass is 32.2. The fourth-order valence-corrected chi connectivity index (χ4v) is 5.26. The summed E-state index contributed by atoms with van der Waals surface area (Å²) in [5, 5.41) is 0. The quantitative estimate of drug-likeness (QED) is 0.645. The number of aromatic nitrogens is 2. The molecule has 0 bridgehead atoms. The van der Waals surface area contributed by atoms with E-state index in [4.69, 9.17) is 4.74 Å². The molecular weight excluding hydrogens is 416 g/mol. The van der Waals surface area contributed by atoms with Crippen LogP contribution in [0.1, 0.15) is 36.7 Å². The van der Waals surface area contributed by atoms with E-state index in [0.717, 1.165) is 31.8 Å². The highest BCUT2D eigenvalue weighted by Crippen LogP contribution is 2.24. The smallest absolute Gasteiger partial charge is 0.295 e. The summed E-state index contributed by atoms with van der Waals surface area (Å²) in [6.45, 7) is 6.21. The Kier molecular flexibility index (Phi) is 6.45. The second-order valence-electron chi connectivity index (χ2n) is 8.42. The molecule has 8 nitrogen and oxygen atoms in total. The van der Waals surface area contributed by atoms with Gasteiger partial charge in [-0.2, -0.15) is 0 Å². The molecule has 3 heterocycles. The van der Waals surface area contributed by atoms with Crippen LogP contribution in [0.5, 0.6) is 5.75 Å². The zero-order chi connectivity index (χ0) is 22.0. The van der Waals surface area contributed by atoms with Gasteiger partial charge in [-0.25, -0.2) is 17.7 Å². The first kappa shape index (κ1) is 22.0. The molecule has 0 N–H and O–H groups in total. The van der Waals surface area contributed by atoms with Crippen molar-refractivity contribution in [3.05, 3.63) is 57.8 Å². The zero-order valence-electron chi connectivity index (χ0n) is 18.2. The van der Waals surface area contributed by atoms with Crippen molar-refractivity contribution in [3.8, 4) is 5.75 Å². The van der Waals surface area contributed by atoms with Gasteiger partial charge in [0.2, 0.25) is 15.8 Å². The Balaban J connectivity index is 1.38. The summed E-state index contributed by atoms with van der Waals surface area (Å²) < 4.78 is 32.3. The minimum Gasteiger partial charge on any atom is -0.486 e. The van der Waals surface area contributed by atoms with E-state index in [1.54, 1.807) is 10.8 Å². The summed E-state index contributed by atoms with van der Waals surface area (Å²) in [5.41, 5.74) is 2.50. The molecule has 168 valence electrons. The van der Waals surface area contributed by atoms with Crippen molar-refractivity contribution in [1.29, 1.82) is 0 Å². The van der Waals surface area contributed by atoms with Crippen LogP contribution in [0.2, 0.25) is 0 Å². The van der Waals surface area contributed by atoms with Crippen LogP contribution < -0.4 is 10.3 Å². The molecule has 2 aliphatic rings. The Hall–Kier alpha value is -2.23. The average molecular weight is 447 g/mol. The minimum absolute atomic E-state index is 0.155. The molecule has 1 aromatic heterocycles. The highest BCUT2D eigenvalue weighted by Gasteiger charge is 2.26. The van der Waals surface area contributed by atoms with Crippen LogP contribution in [0.4, 0.5) is 0 Å². The van der Waals surface area contributed by atoms with Gasteiger partial charge >= 0.3 is 0 Å². The molecule has 9 heteroatoms. The first-order chi connectivity index (χ1) is 14.8. The molecule has 0 spiro atoms. The van der Waals surface area contributed by atoms with E-state index in [0.29, 0.717) is 32.8 Å². The highest BCUT2D eigenvalue weighted by molar-refractivity contribution is 7.88. The summed E-state index contributed by atoms with van der Waals surface area (Å²) in [4.78, 5) is 19.8. The maximum absolute atomic E-state index is 13.0. The van der Waals surface area contributed by atoms with Crippen molar-refractivity contribution in [2.24, 2.45) is 5.92 Å². The van der Waals surface area contributed by atoms with E-state index in [1.807, 2.05) is 6.92 Å². The molecule has 0 saturated carbocycles. The lowest BCUT2D eigenvalue weighted by molar-refractivity contribution is 0.182. The van der Waals surface area contributed by atoms with Crippen LogP contribution in [0.25, 0.3) is 0 Å². The molecule has 0 radical (unpaired) electrons. The summed E-state index contributed by atoms with van der Waals surface area (Å²) in [5.74, 6) is 1.24. The fraction of sp³-hybridized carbons (Fsp3) is 0.545. The number of ether oxygens (including phenoxy) is 1. The third-order valence-electron chi connectivity index (χ3n) is 6.20. The summed E-state index contributed by atoms with van der Waals surface area (Å²) in [7, 11) is -3.14. The number of nitrogens with zero attached hydrogens (tertiary/aromatic N) is 4. The largest absolute Gasteiger partial charge is 0.486 e. The predicted molar refractivity (Wildman–Crippen MR) is 118 cm³/mol. The number of benzene rings is 1. The molecule has 1 fully saturated rings. The monoisotopic (exact) mass is 446 g/mol. The lowest BCUT2D eigenvalue weighted by Gasteiger charge is -2.30. The molecular formula is C22H30N4O4S. The predicted octanol–water partition coefficient (Wildman–Crippen LogP) is 1.83. The maximum Gasteiger partial charge on any atom is 0.295 e. The van der Waals surface area contributed by atoms with Gasteiger partial charge in [-0.3, -0.25) is 14.3 Å². The van der Waals surface area contributed by atoms with Gasteiger partial charge in [0.05, 0.1) is 25.6 Å². The van der Waals surface area contributed by atoms with Gasteiger partial charge in [-0.05, 0) is 36.8 Å². The van der Waals surface area contributed by atoms with Gasteiger partial charge in [0.15, 0.2) is 0 Å². The Labute approximate surface area is 183 Å². The van der Waals surface area contributed by atoms with Crippen LogP contribution in [-0.4, -0.2) is 53.1 Å². The SMILES string of the molecule is CCn1c(CN2Cc3ccccc3C2)ncc(OCC2CCN(S(C)(=O)=O)CC2)c1=O. The standard InChI is InChI=1S/C22H30N4O4S/c1-3-26-21(15-24-13-18-6-4-5-7-19(18)14-24)23-12-20(22(26)27)30-16-17-8-10-25(11-9-17)31(2,28)29/h4-7,12,17H,3,8-11,13-16H2,1-2H3. The van der Waals surface area contributed by atoms with Crippen LogP contribution in [0.3, 0.4) is 0 Å². The van der Waals surface area contributed by atoms with Crippen LogP contribution >= 0.6 is 0 Å². The fourth-order valence-electron chi connectivity index (χ4n) is 4.39. The topological polar surface area (TPSA) is 84.7 Å². The summed E-state index contributed by atoms with van der Waals surface area (Å²) in [6.07, 6.45) is 4.25. The van der Waals surface area contributed by atoms with Gasteiger partial charge in [0.1, 0.15) is 5.82 Å². The first-order valence-corrected chi connectivity index (χ1v) is 12.7. The Morgan fingerprint density at radius 3 is 2.35 bits per heavy atom. The number of hydrogen-bond donors (Lipinski definition) is 0. The van der Waals surface area contributed by atoms with Crippen molar-refractivity contribution in [2.45, 2.75) is 45.9 Å². The summed E-state index contributed by atoms with van der Waals surface area (Å²) in [6, 6.07) is 8.40. The van der Waals surface area contributed by atoms with E-state index in [1.165, 1.54) is 21.7 Å². The molecule has 0 unspecified atom stereocenters. The number of sulfonamides is 1. The lowest BCUT2D eigenvalue weighted by Crippen LogP contribution is -2.39. The molecule has 2 aliphatic heterocycles. The second kappa shape index (κ2) is 9.10. The number of rotatable bonds is 7. The van der Waals surface area contributed by atoms with E-state index < -0.39 is 10.0 Å². The van der Waals surface area contributed by atoms with E-state index in [-0.39, 0.29) is 17.2 Å². The molecule has 0 amide bonds. The Bertz CT molecular complexity index is 1070. The van der Waals surface area contributed by atoms with Crippen molar-refractivity contribution in [2.75, 3.05) is 26.0 Å². The zero-order valence-corrected chi connectivity index (χ0v) is 19.0. The minimum atomic E-state index is -3.14. The molecule has 1 aromatic carbocycles. The molecule has 2 aromatic rings. The van der Waals surface area contributed by atoms with Crippen LogP contribution in [-0.2, 0) is 36.2 Å². The molecule has 1 saturated heterocycles. The maximum atomic E-state index is 13.0. The number of fused-ring (bicyclic) bond motifs is 1. The molecule has 4 rings (SSSR count). The van der Waals surface area contributed by atoms with Gasteiger partial charge in [0.25, 0.3) is 5.56 Å². The summed E-state index contributed by atoms with van der Waals surface area (Å²) >= 11 is 0. The normalized spacial score (nSPS) is 18.3. The van der Waals surface area contributed by atoms with E-state index in [2.05, 4.69) is 34.1 Å². The molecule has 0 aliphatic carbocycles. The number of hydrogen-bond acceptors (Lipinski definition) is 6. The van der Waals surface area contributed by atoms with Gasteiger partial charge in [-0.15, -0.1) is 0 Å². The van der Waals surface area contributed by atoms with E-state index >= 15 is 0 Å². The van der Waals surface area contributed by atoms with Crippen molar-refractivity contribution in [1.82, 2.24) is 18.8 Å². The first-order valence-electron chi connectivity index (χ1n) is 10.8. The van der Waals surface area contributed by atoms with Crippen LogP contribution in [0.15, 0.2) is 35.3 Å². The third-order valence-corrected chi connectivity index (χ3v) is 7.51. The van der Waals surface area contributed by atoms with Crippen LogP contribution in [0, 0.1) is 5.92 Å². The lowest BCUT2D eigenvalue weighted by atomic mass is 9.99.